The van der Waals surface area contributed by atoms with Crippen LogP contribution in [0, 0.1) is 0 Å². The van der Waals surface area contributed by atoms with Crippen molar-refractivity contribution in [3.05, 3.63) is 60.2 Å². The molecule has 2 rings (SSSR count). The van der Waals surface area contributed by atoms with E-state index in [0.717, 1.165) is 11.4 Å². The number of benzene rings is 2. The molecule has 2 aromatic carbocycles. The molecule has 0 amide bonds. The molecule has 0 saturated carbocycles. The van der Waals surface area contributed by atoms with E-state index >= 15 is 0 Å². The number of hydrogen-bond donors (Lipinski definition) is 0. The van der Waals surface area contributed by atoms with Crippen molar-refractivity contribution in [2.75, 3.05) is 19.3 Å². The van der Waals surface area contributed by atoms with Crippen LogP contribution >= 0.6 is 0 Å². The second-order valence-corrected chi connectivity index (χ2v) is 3.90. The largest absolute Gasteiger partial charge is 0.497 e. The number of hydroxylamine groups is 1. The fraction of sp³-hybridized carbons (Fsp3) is 0.200. The predicted octanol–water partition coefficient (Wildman–Crippen LogP) is 3.26. The molecular weight excluding hydrogens is 226 g/mol. The van der Waals surface area contributed by atoms with Gasteiger partial charge in [-0.05, 0) is 29.8 Å². The van der Waals surface area contributed by atoms with Gasteiger partial charge in [0.1, 0.15) is 5.75 Å². The SMILES string of the molecule is COc1ccc(CN(OC)c2ccccc2)cc1. The standard InChI is InChI=1S/C15H17NO2/c1-17-15-10-8-13(9-11-15)12-16(18-2)14-6-4-3-5-7-14/h3-11H,12H2,1-2H3. The van der Waals surface area contributed by atoms with Crippen molar-refractivity contribution in [3.63, 3.8) is 0 Å². The maximum atomic E-state index is 5.40. The van der Waals surface area contributed by atoms with Crippen molar-refractivity contribution in [3.8, 4) is 5.75 Å². The molecule has 3 nitrogen and oxygen atoms in total. The predicted molar refractivity (Wildman–Crippen MR) is 72.6 cm³/mol. The molecule has 0 fully saturated rings. The van der Waals surface area contributed by atoms with Crippen LogP contribution in [0.25, 0.3) is 0 Å². The van der Waals surface area contributed by atoms with E-state index in [0.29, 0.717) is 6.54 Å². The second-order valence-electron chi connectivity index (χ2n) is 3.90. The van der Waals surface area contributed by atoms with Gasteiger partial charge in [-0.25, -0.2) is 0 Å². The van der Waals surface area contributed by atoms with Crippen LogP contribution < -0.4 is 9.80 Å². The van der Waals surface area contributed by atoms with Crippen LogP contribution in [0.2, 0.25) is 0 Å². The Hall–Kier alpha value is -2.00. The zero-order valence-electron chi connectivity index (χ0n) is 10.7. The van der Waals surface area contributed by atoms with Crippen LogP contribution in [0.3, 0.4) is 0 Å². The zero-order valence-corrected chi connectivity index (χ0v) is 10.7. The molecule has 94 valence electrons. The Morgan fingerprint density at radius 1 is 0.889 bits per heavy atom. The lowest BCUT2D eigenvalue weighted by atomic mass is 10.2. The van der Waals surface area contributed by atoms with E-state index in [1.807, 2.05) is 59.7 Å². The summed E-state index contributed by atoms with van der Waals surface area (Å²) in [6, 6.07) is 18.0. The highest BCUT2D eigenvalue weighted by Gasteiger charge is 2.05. The summed E-state index contributed by atoms with van der Waals surface area (Å²) >= 11 is 0. The Bertz CT molecular complexity index is 468. The summed E-state index contributed by atoms with van der Waals surface area (Å²) < 4.78 is 5.14. The summed E-state index contributed by atoms with van der Waals surface area (Å²) in [6.07, 6.45) is 0. The second kappa shape index (κ2) is 6.07. The van der Waals surface area contributed by atoms with Gasteiger partial charge in [-0.1, -0.05) is 30.3 Å². The van der Waals surface area contributed by atoms with Crippen molar-refractivity contribution in [2.24, 2.45) is 0 Å². The molecule has 0 aliphatic carbocycles. The molecule has 0 aliphatic rings. The van der Waals surface area contributed by atoms with Gasteiger partial charge in [-0.3, -0.25) is 9.90 Å². The molecule has 0 spiro atoms. The van der Waals surface area contributed by atoms with E-state index < -0.39 is 0 Å². The van der Waals surface area contributed by atoms with Gasteiger partial charge in [0.2, 0.25) is 0 Å². The van der Waals surface area contributed by atoms with Crippen molar-refractivity contribution in [2.45, 2.75) is 6.54 Å². The van der Waals surface area contributed by atoms with Gasteiger partial charge in [0.05, 0.1) is 26.5 Å². The Balaban J connectivity index is 2.10. The lowest BCUT2D eigenvalue weighted by Crippen LogP contribution is -2.20. The maximum absolute atomic E-state index is 5.40. The van der Waals surface area contributed by atoms with E-state index in [4.69, 9.17) is 9.57 Å². The zero-order chi connectivity index (χ0) is 12.8. The minimum atomic E-state index is 0.699. The number of rotatable bonds is 5. The van der Waals surface area contributed by atoms with Crippen LogP contribution in [0.1, 0.15) is 5.56 Å². The number of ether oxygens (including phenoxy) is 1. The molecular formula is C15H17NO2. The highest BCUT2D eigenvalue weighted by atomic mass is 16.7. The normalized spacial score (nSPS) is 10.1. The molecule has 0 aliphatic heterocycles. The first-order valence-electron chi connectivity index (χ1n) is 5.83. The average molecular weight is 243 g/mol. The minimum Gasteiger partial charge on any atom is -0.497 e. The lowest BCUT2D eigenvalue weighted by Gasteiger charge is -2.21. The highest BCUT2D eigenvalue weighted by Crippen LogP contribution is 2.18. The highest BCUT2D eigenvalue weighted by molar-refractivity contribution is 5.44. The van der Waals surface area contributed by atoms with Crippen LogP contribution in [0.5, 0.6) is 5.75 Å². The summed E-state index contributed by atoms with van der Waals surface area (Å²) in [7, 11) is 3.34. The number of para-hydroxylation sites is 1. The average Bonchev–Trinajstić information content (AvgIpc) is 2.46. The summed E-state index contributed by atoms with van der Waals surface area (Å²) in [5.41, 5.74) is 2.21. The van der Waals surface area contributed by atoms with Crippen LogP contribution in [-0.4, -0.2) is 14.2 Å². The first-order valence-corrected chi connectivity index (χ1v) is 5.83. The number of nitrogens with zero attached hydrogens (tertiary/aromatic N) is 1. The summed E-state index contributed by atoms with van der Waals surface area (Å²) in [5.74, 6) is 0.863. The molecule has 0 N–H and O–H groups in total. The fourth-order valence-corrected chi connectivity index (χ4v) is 1.75. The van der Waals surface area contributed by atoms with E-state index in [1.165, 1.54) is 5.56 Å². The quantitative estimate of drug-likeness (QED) is 0.752. The molecule has 0 atom stereocenters. The molecule has 0 saturated heterocycles. The molecule has 0 heterocycles. The third-order valence-corrected chi connectivity index (χ3v) is 2.75. The lowest BCUT2D eigenvalue weighted by molar-refractivity contribution is 0.163. The van der Waals surface area contributed by atoms with Gasteiger partial charge in [-0.2, -0.15) is 0 Å². The summed E-state index contributed by atoms with van der Waals surface area (Å²) in [4.78, 5) is 5.40. The van der Waals surface area contributed by atoms with E-state index in [2.05, 4.69) is 0 Å². The number of methoxy groups -OCH3 is 1. The van der Waals surface area contributed by atoms with E-state index in [1.54, 1.807) is 14.2 Å². The van der Waals surface area contributed by atoms with Gasteiger partial charge < -0.3 is 4.74 Å². The van der Waals surface area contributed by atoms with E-state index in [9.17, 15) is 0 Å². The third kappa shape index (κ3) is 3.02. The maximum Gasteiger partial charge on any atom is 0.118 e. The van der Waals surface area contributed by atoms with Crippen LogP contribution in [0.15, 0.2) is 54.6 Å². The molecule has 3 heteroatoms. The molecule has 0 unspecified atom stereocenters. The van der Waals surface area contributed by atoms with E-state index in [-0.39, 0.29) is 0 Å². The summed E-state index contributed by atoms with van der Waals surface area (Å²) in [5, 5.41) is 1.85. The van der Waals surface area contributed by atoms with Crippen molar-refractivity contribution in [1.29, 1.82) is 0 Å². The topological polar surface area (TPSA) is 21.7 Å². The number of anilines is 1. The van der Waals surface area contributed by atoms with Gasteiger partial charge >= 0.3 is 0 Å². The van der Waals surface area contributed by atoms with Crippen LogP contribution in [-0.2, 0) is 11.4 Å². The Morgan fingerprint density at radius 3 is 2.11 bits per heavy atom. The summed E-state index contributed by atoms with van der Waals surface area (Å²) in [6.45, 7) is 0.699. The third-order valence-electron chi connectivity index (χ3n) is 2.75. The van der Waals surface area contributed by atoms with Crippen LogP contribution in [0.4, 0.5) is 5.69 Å². The van der Waals surface area contributed by atoms with Crippen molar-refractivity contribution in [1.82, 2.24) is 0 Å². The van der Waals surface area contributed by atoms with Gasteiger partial charge in [0.25, 0.3) is 0 Å². The first-order chi connectivity index (χ1) is 8.83. The molecule has 0 radical (unpaired) electrons. The van der Waals surface area contributed by atoms with Crippen molar-refractivity contribution >= 4 is 5.69 Å². The smallest absolute Gasteiger partial charge is 0.118 e. The molecule has 2 aromatic rings. The van der Waals surface area contributed by atoms with Crippen molar-refractivity contribution < 1.29 is 9.57 Å². The van der Waals surface area contributed by atoms with Gasteiger partial charge in [0, 0.05) is 0 Å². The number of hydrogen-bond acceptors (Lipinski definition) is 3. The minimum absolute atomic E-state index is 0.699. The molecule has 18 heavy (non-hydrogen) atoms. The van der Waals surface area contributed by atoms with Gasteiger partial charge in [0.15, 0.2) is 0 Å². The monoisotopic (exact) mass is 243 g/mol. The first kappa shape index (κ1) is 12.5. The molecule has 0 bridgehead atoms. The van der Waals surface area contributed by atoms with Gasteiger partial charge in [-0.15, -0.1) is 0 Å². The Morgan fingerprint density at radius 2 is 1.56 bits per heavy atom. The molecule has 0 aromatic heterocycles. The fourth-order valence-electron chi connectivity index (χ4n) is 1.75. The Kier molecular flexibility index (Phi) is 4.20. The Labute approximate surface area is 108 Å².